The molecule has 1 aromatic heterocycles. The van der Waals surface area contributed by atoms with Crippen molar-refractivity contribution < 1.29 is 4.39 Å². The second-order valence-electron chi connectivity index (χ2n) is 6.39. The molecule has 0 bridgehead atoms. The number of fused-ring (bicyclic) bond motifs is 1. The topological polar surface area (TPSA) is 28.7 Å². The van der Waals surface area contributed by atoms with Crippen LogP contribution in [0.15, 0.2) is 18.2 Å². The summed E-state index contributed by atoms with van der Waals surface area (Å²) in [4.78, 5) is 7.55. The van der Waals surface area contributed by atoms with Gasteiger partial charge in [-0.1, -0.05) is 33.8 Å². The van der Waals surface area contributed by atoms with Gasteiger partial charge in [0, 0.05) is 6.42 Å². The third-order valence-corrected chi connectivity index (χ3v) is 3.02. The molecular formula is C15H21FN2. The van der Waals surface area contributed by atoms with Crippen LogP contribution in [0.5, 0.6) is 0 Å². The van der Waals surface area contributed by atoms with Crippen molar-refractivity contribution >= 4 is 11.0 Å². The Kier molecular flexibility index (Phi) is 3.42. The number of imidazole rings is 1. The molecule has 0 saturated carbocycles. The van der Waals surface area contributed by atoms with Gasteiger partial charge in [-0.15, -0.1) is 0 Å². The van der Waals surface area contributed by atoms with E-state index in [1.165, 1.54) is 6.07 Å². The van der Waals surface area contributed by atoms with Crippen molar-refractivity contribution in [1.82, 2.24) is 9.97 Å². The minimum atomic E-state index is -0.251. The van der Waals surface area contributed by atoms with Crippen LogP contribution in [0.2, 0.25) is 0 Å². The molecule has 1 N–H and O–H groups in total. The van der Waals surface area contributed by atoms with E-state index in [2.05, 4.69) is 37.7 Å². The molecule has 18 heavy (non-hydrogen) atoms. The Labute approximate surface area is 108 Å². The quantitative estimate of drug-likeness (QED) is 0.861. The first-order valence-electron chi connectivity index (χ1n) is 6.48. The molecule has 0 aliphatic heterocycles. The van der Waals surface area contributed by atoms with Crippen molar-refractivity contribution in [2.75, 3.05) is 0 Å². The third kappa shape index (κ3) is 3.09. The standard InChI is InChI=1S/C15H21FN2/c1-10(9-15(2,3)4)8-13-17-12-7-5-6-11(16)14(12)18-13/h5-7,10H,8-9H2,1-4H3,(H,17,18). The van der Waals surface area contributed by atoms with Gasteiger partial charge in [-0.05, 0) is 29.9 Å². The third-order valence-electron chi connectivity index (χ3n) is 3.02. The van der Waals surface area contributed by atoms with Crippen LogP contribution >= 0.6 is 0 Å². The van der Waals surface area contributed by atoms with Crippen LogP contribution in [0.4, 0.5) is 4.39 Å². The molecule has 0 spiro atoms. The van der Waals surface area contributed by atoms with E-state index in [1.807, 2.05) is 6.07 Å². The maximum Gasteiger partial charge on any atom is 0.151 e. The lowest BCUT2D eigenvalue weighted by atomic mass is 9.84. The fourth-order valence-electron chi connectivity index (χ4n) is 2.59. The Morgan fingerprint density at radius 2 is 2.06 bits per heavy atom. The van der Waals surface area contributed by atoms with Gasteiger partial charge >= 0.3 is 0 Å². The maximum absolute atomic E-state index is 13.5. The van der Waals surface area contributed by atoms with E-state index in [0.717, 1.165) is 24.2 Å². The molecule has 2 aromatic rings. The molecule has 98 valence electrons. The molecule has 1 unspecified atom stereocenters. The smallest absolute Gasteiger partial charge is 0.151 e. The van der Waals surface area contributed by atoms with Crippen molar-refractivity contribution in [3.8, 4) is 0 Å². The molecule has 1 aromatic carbocycles. The number of rotatable bonds is 3. The van der Waals surface area contributed by atoms with Crippen LogP contribution in [0.1, 0.15) is 39.9 Å². The van der Waals surface area contributed by atoms with Gasteiger partial charge in [0.1, 0.15) is 11.3 Å². The molecule has 0 aliphatic rings. The second kappa shape index (κ2) is 4.71. The van der Waals surface area contributed by atoms with Crippen LogP contribution in [0, 0.1) is 17.2 Å². The highest BCUT2D eigenvalue weighted by molar-refractivity contribution is 5.75. The Morgan fingerprint density at radius 3 is 2.67 bits per heavy atom. The zero-order valence-electron chi connectivity index (χ0n) is 11.5. The first kappa shape index (κ1) is 13.1. The van der Waals surface area contributed by atoms with E-state index in [9.17, 15) is 4.39 Å². The van der Waals surface area contributed by atoms with Crippen LogP contribution in [0.25, 0.3) is 11.0 Å². The number of halogens is 1. The van der Waals surface area contributed by atoms with Gasteiger partial charge < -0.3 is 4.98 Å². The number of hydrogen-bond acceptors (Lipinski definition) is 1. The van der Waals surface area contributed by atoms with E-state index in [1.54, 1.807) is 6.07 Å². The predicted molar refractivity (Wildman–Crippen MR) is 73.0 cm³/mol. The number of para-hydroxylation sites is 1. The molecule has 1 atom stereocenters. The molecule has 0 amide bonds. The van der Waals surface area contributed by atoms with Gasteiger partial charge in [-0.25, -0.2) is 9.37 Å². The summed E-state index contributed by atoms with van der Waals surface area (Å²) >= 11 is 0. The van der Waals surface area contributed by atoms with Crippen molar-refractivity contribution in [1.29, 1.82) is 0 Å². The number of nitrogens with zero attached hydrogens (tertiary/aromatic N) is 1. The highest BCUT2D eigenvalue weighted by Gasteiger charge is 2.17. The average molecular weight is 248 g/mol. The number of H-pyrrole nitrogens is 1. The lowest BCUT2D eigenvalue weighted by Gasteiger charge is -2.22. The van der Waals surface area contributed by atoms with E-state index in [4.69, 9.17) is 0 Å². The van der Waals surface area contributed by atoms with E-state index in [0.29, 0.717) is 16.8 Å². The summed E-state index contributed by atoms with van der Waals surface area (Å²) in [5.41, 5.74) is 1.56. The zero-order valence-corrected chi connectivity index (χ0v) is 11.5. The largest absolute Gasteiger partial charge is 0.342 e. The van der Waals surface area contributed by atoms with Gasteiger partial charge in [0.15, 0.2) is 5.82 Å². The van der Waals surface area contributed by atoms with Crippen LogP contribution in [0.3, 0.4) is 0 Å². The molecular weight excluding hydrogens is 227 g/mol. The van der Waals surface area contributed by atoms with Crippen molar-refractivity contribution in [2.45, 2.75) is 40.5 Å². The van der Waals surface area contributed by atoms with E-state index >= 15 is 0 Å². The Hall–Kier alpha value is -1.38. The second-order valence-corrected chi connectivity index (χ2v) is 6.39. The fraction of sp³-hybridized carbons (Fsp3) is 0.533. The monoisotopic (exact) mass is 248 g/mol. The fourth-order valence-corrected chi connectivity index (χ4v) is 2.59. The maximum atomic E-state index is 13.5. The van der Waals surface area contributed by atoms with Crippen molar-refractivity contribution in [3.05, 3.63) is 29.8 Å². The van der Waals surface area contributed by atoms with Gasteiger partial charge in [0.25, 0.3) is 0 Å². The Morgan fingerprint density at radius 1 is 1.33 bits per heavy atom. The first-order chi connectivity index (χ1) is 8.35. The summed E-state index contributed by atoms with van der Waals surface area (Å²) in [6.45, 7) is 8.93. The van der Waals surface area contributed by atoms with Crippen LogP contribution in [-0.4, -0.2) is 9.97 Å². The summed E-state index contributed by atoms with van der Waals surface area (Å²) < 4.78 is 13.5. The van der Waals surface area contributed by atoms with Crippen LogP contribution in [-0.2, 0) is 6.42 Å². The summed E-state index contributed by atoms with van der Waals surface area (Å²) in [7, 11) is 0. The minimum absolute atomic E-state index is 0.251. The number of aromatic nitrogens is 2. The lowest BCUT2D eigenvalue weighted by Crippen LogP contribution is -2.13. The van der Waals surface area contributed by atoms with Gasteiger partial charge in [-0.2, -0.15) is 0 Å². The summed E-state index contributed by atoms with van der Waals surface area (Å²) in [5, 5.41) is 0. The van der Waals surface area contributed by atoms with Gasteiger partial charge in [-0.3, -0.25) is 0 Å². The summed E-state index contributed by atoms with van der Waals surface area (Å²) in [5.74, 6) is 1.17. The molecule has 0 saturated heterocycles. The predicted octanol–water partition coefficient (Wildman–Crippen LogP) is 4.32. The molecule has 3 heteroatoms. The van der Waals surface area contributed by atoms with Crippen molar-refractivity contribution in [2.24, 2.45) is 11.3 Å². The minimum Gasteiger partial charge on any atom is -0.342 e. The van der Waals surface area contributed by atoms with Gasteiger partial charge in [0.05, 0.1) is 5.52 Å². The van der Waals surface area contributed by atoms with E-state index < -0.39 is 0 Å². The average Bonchev–Trinajstić information content (AvgIpc) is 2.58. The SMILES string of the molecule is CC(Cc1nc2c(F)cccc2[nH]1)CC(C)(C)C. The normalized spacial score (nSPS) is 14.1. The molecule has 1 heterocycles. The number of benzene rings is 1. The molecule has 0 aliphatic carbocycles. The Balaban J connectivity index is 2.15. The number of aromatic amines is 1. The molecule has 2 nitrogen and oxygen atoms in total. The van der Waals surface area contributed by atoms with Crippen molar-refractivity contribution in [3.63, 3.8) is 0 Å². The zero-order chi connectivity index (χ0) is 13.3. The highest BCUT2D eigenvalue weighted by Crippen LogP contribution is 2.26. The van der Waals surface area contributed by atoms with E-state index in [-0.39, 0.29) is 5.82 Å². The number of nitrogens with one attached hydrogen (secondary N) is 1. The Bertz CT molecular complexity index is 537. The summed E-state index contributed by atoms with van der Waals surface area (Å²) in [6, 6.07) is 5.02. The van der Waals surface area contributed by atoms with Crippen LogP contribution < -0.4 is 0 Å². The first-order valence-corrected chi connectivity index (χ1v) is 6.48. The molecule has 0 fully saturated rings. The lowest BCUT2D eigenvalue weighted by molar-refractivity contribution is 0.304. The highest BCUT2D eigenvalue weighted by atomic mass is 19.1. The van der Waals surface area contributed by atoms with Gasteiger partial charge in [0.2, 0.25) is 0 Å². The number of hydrogen-bond donors (Lipinski definition) is 1. The molecule has 0 radical (unpaired) electrons. The summed E-state index contributed by atoms with van der Waals surface area (Å²) in [6.07, 6.45) is 2.00. The molecule has 2 rings (SSSR count).